The van der Waals surface area contributed by atoms with Crippen molar-refractivity contribution < 1.29 is 59.8 Å². The minimum Gasteiger partial charge on any atom is -0.396 e. The molecule has 2 heterocycles. The van der Waals surface area contributed by atoms with Gasteiger partial charge in [0.2, 0.25) is 0 Å². The summed E-state index contributed by atoms with van der Waals surface area (Å²) in [7, 11) is 0. The van der Waals surface area contributed by atoms with Crippen LogP contribution in [0.2, 0.25) is 0 Å². The number of hydrogen-bond acceptors (Lipinski definition) is 12. The number of rotatable bonds is 7. The maximum absolute atomic E-state index is 11.3. The van der Waals surface area contributed by atoms with E-state index in [0.717, 1.165) is 51.4 Å². The second-order valence-corrected chi connectivity index (χ2v) is 20.7. The van der Waals surface area contributed by atoms with Gasteiger partial charge in [-0.05, 0) is 109 Å². The molecule has 6 fully saturated rings. The number of ether oxygens (including phenoxy) is 4. The van der Waals surface area contributed by atoms with Gasteiger partial charge in [0.05, 0.1) is 19.3 Å². The van der Waals surface area contributed by atoms with E-state index in [4.69, 9.17) is 18.9 Å². The van der Waals surface area contributed by atoms with Gasteiger partial charge in [-0.3, -0.25) is 0 Å². The Balaban J connectivity index is 1.14. The van der Waals surface area contributed by atoms with Crippen molar-refractivity contribution in [3.8, 4) is 0 Å². The van der Waals surface area contributed by atoms with Gasteiger partial charge < -0.3 is 59.8 Å². The lowest BCUT2D eigenvalue weighted by atomic mass is 9.33. The minimum atomic E-state index is -1.73. The topological polar surface area (TPSA) is 199 Å². The SMILES string of the molecule is CC1(C)CC[C@]2(CO)CC[C@]3(C)C(=CC[C@@H]4[C@@]5(C)CC[C@H](O[C@@H]6O[C@H](CO)[C@@H](O)[C@H](O)[C@H]6O[C@@H]6O[C@H](CO)[C@@H](O)[C@H](O)[C@H]6O)C(C)(C)[C@@H]5CC[C@]43C)[C@H]2C1. The third kappa shape index (κ3) is 6.14. The van der Waals surface area contributed by atoms with Crippen LogP contribution in [0.3, 0.4) is 0 Å². The summed E-state index contributed by atoms with van der Waals surface area (Å²) in [5.41, 5.74) is 1.69. The molecule has 12 heteroatoms. The molecule has 2 saturated heterocycles. The summed E-state index contributed by atoms with van der Waals surface area (Å²) in [4.78, 5) is 0. The van der Waals surface area contributed by atoms with Crippen LogP contribution in [0.4, 0.5) is 0 Å². The van der Waals surface area contributed by atoms with E-state index in [9.17, 15) is 40.9 Å². The molecule has 7 aliphatic rings. The molecule has 0 aromatic rings. The molecule has 18 atom stereocenters. The Kier molecular flexibility index (Phi) is 10.9. The maximum Gasteiger partial charge on any atom is 0.187 e. The first-order valence-electron chi connectivity index (χ1n) is 20.8. The van der Waals surface area contributed by atoms with Gasteiger partial charge in [0.15, 0.2) is 12.6 Å². The monoisotopic (exact) mass is 766 g/mol. The Bertz CT molecular complexity index is 1400. The highest BCUT2D eigenvalue weighted by atomic mass is 16.8. The minimum absolute atomic E-state index is 0.00717. The van der Waals surface area contributed by atoms with Gasteiger partial charge >= 0.3 is 0 Å². The van der Waals surface area contributed by atoms with Crippen LogP contribution in [0.1, 0.15) is 113 Å². The Morgan fingerprint density at radius 1 is 0.667 bits per heavy atom. The average molecular weight is 767 g/mol. The van der Waals surface area contributed by atoms with Gasteiger partial charge in [-0.1, -0.05) is 60.1 Å². The first-order valence-corrected chi connectivity index (χ1v) is 20.8. The Hall–Kier alpha value is -0.740. The van der Waals surface area contributed by atoms with Crippen LogP contribution in [0.15, 0.2) is 11.6 Å². The smallest absolute Gasteiger partial charge is 0.187 e. The van der Waals surface area contributed by atoms with Crippen molar-refractivity contribution in [1.29, 1.82) is 0 Å². The highest BCUT2D eigenvalue weighted by Gasteiger charge is 2.69. The summed E-state index contributed by atoms with van der Waals surface area (Å²) in [6, 6.07) is 0. The summed E-state index contributed by atoms with van der Waals surface area (Å²) in [5.74, 6) is 1.17. The fraction of sp³-hybridized carbons (Fsp3) is 0.952. The summed E-state index contributed by atoms with van der Waals surface area (Å²) < 4.78 is 24.5. The summed E-state index contributed by atoms with van der Waals surface area (Å²) in [5, 5.41) is 84.3. The first kappa shape index (κ1) is 41.4. The molecule has 0 aromatic carbocycles. The standard InChI is InChI=1S/C42H70O12/c1-37(2)14-16-42(21-45)17-15-40(6)22(23(42)18-37)8-9-27-39(5)12-11-28(38(3,4)26(39)10-13-41(27,40)7)53-36-34(32(49)30(47)25(20-44)52-36)54-35-33(50)31(48)29(46)24(19-43)51-35/h8,23-36,43-50H,9-21H2,1-7H3/t23-,24-,25-,26+,27-,28+,29-,30-,31+,32+,33-,34-,35+,36+,39+,40-,41-,42-/m1/s1. The molecule has 0 unspecified atom stereocenters. The zero-order chi connectivity index (χ0) is 39.4. The van der Waals surface area contributed by atoms with E-state index in [-0.39, 0.29) is 45.2 Å². The Morgan fingerprint density at radius 2 is 1.30 bits per heavy atom. The lowest BCUT2D eigenvalue weighted by Crippen LogP contribution is -2.67. The number of aliphatic hydroxyl groups is 8. The number of aliphatic hydroxyl groups excluding tert-OH is 8. The van der Waals surface area contributed by atoms with Gasteiger partial charge in [0.1, 0.15) is 48.8 Å². The lowest BCUT2D eigenvalue weighted by Gasteiger charge is -2.71. The molecule has 0 bridgehead atoms. The van der Waals surface area contributed by atoms with Crippen molar-refractivity contribution in [2.24, 2.45) is 50.2 Å². The highest BCUT2D eigenvalue weighted by molar-refractivity contribution is 5.34. The quantitative estimate of drug-likeness (QED) is 0.140. The number of allylic oxidation sites excluding steroid dienone is 2. The van der Waals surface area contributed by atoms with Gasteiger partial charge in [0, 0.05) is 12.0 Å². The molecule has 310 valence electrons. The van der Waals surface area contributed by atoms with E-state index in [1.807, 2.05) is 0 Å². The lowest BCUT2D eigenvalue weighted by molar-refractivity contribution is -0.378. The van der Waals surface area contributed by atoms with Crippen molar-refractivity contribution in [1.82, 2.24) is 0 Å². The second-order valence-electron chi connectivity index (χ2n) is 20.7. The third-order valence-electron chi connectivity index (χ3n) is 17.3. The van der Waals surface area contributed by atoms with E-state index in [2.05, 4.69) is 54.5 Å². The summed E-state index contributed by atoms with van der Waals surface area (Å²) >= 11 is 0. The molecule has 4 saturated carbocycles. The fourth-order valence-corrected chi connectivity index (χ4v) is 13.7. The van der Waals surface area contributed by atoms with Crippen LogP contribution >= 0.6 is 0 Å². The van der Waals surface area contributed by atoms with E-state index in [0.29, 0.717) is 24.2 Å². The Labute approximate surface area is 321 Å². The van der Waals surface area contributed by atoms with Crippen molar-refractivity contribution in [3.05, 3.63) is 11.6 Å². The second kappa shape index (κ2) is 14.2. The van der Waals surface area contributed by atoms with E-state index >= 15 is 0 Å². The van der Waals surface area contributed by atoms with Crippen molar-refractivity contribution in [3.63, 3.8) is 0 Å². The molecule has 54 heavy (non-hydrogen) atoms. The van der Waals surface area contributed by atoms with Crippen molar-refractivity contribution in [2.75, 3.05) is 19.8 Å². The number of hydrogen-bond donors (Lipinski definition) is 8. The molecule has 12 nitrogen and oxygen atoms in total. The van der Waals surface area contributed by atoms with Crippen LogP contribution in [0, 0.1) is 50.2 Å². The summed E-state index contributed by atoms with van der Waals surface area (Å²) in [6.07, 6.45) is -2.22. The molecule has 5 aliphatic carbocycles. The number of fused-ring (bicyclic) bond motifs is 7. The van der Waals surface area contributed by atoms with Crippen LogP contribution in [0.25, 0.3) is 0 Å². The molecule has 0 amide bonds. The zero-order valence-electron chi connectivity index (χ0n) is 33.6. The van der Waals surface area contributed by atoms with Gasteiger partial charge in [-0.25, -0.2) is 0 Å². The first-order chi connectivity index (χ1) is 25.2. The van der Waals surface area contributed by atoms with E-state index in [1.165, 1.54) is 6.42 Å². The highest BCUT2D eigenvalue weighted by Crippen LogP contribution is 2.76. The third-order valence-corrected chi connectivity index (χ3v) is 17.3. The van der Waals surface area contributed by atoms with Gasteiger partial charge in [-0.15, -0.1) is 0 Å². The largest absolute Gasteiger partial charge is 0.396 e. The molecule has 8 N–H and O–H groups in total. The predicted molar refractivity (Wildman–Crippen MR) is 197 cm³/mol. The normalized spacial score (nSPS) is 54.0. The average Bonchev–Trinajstić information content (AvgIpc) is 3.12. The molecule has 0 radical (unpaired) electrons. The van der Waals surface area contributed by atoms with E-state index < -0.39 is 74.6 Å². The van der Waals surface area contributed by atoms with Crippen LogP contribution < -0.4 is 0 Å². The predicted octanol–water partition coefficient (Wildman–Crippen LogP) is 2.79. The summed E-state index contributed by atoms with van der Waals surface area (Å²) in [6.45, 7) is 15.9. The molecule has 7 rings (SSSR count). The van der Waals surface area contributed by atoms with Crippen molar-refractivity contribution in [2.45, 2.75) is 180 Å². The van der Waals surface area contributed by atoms with Crippen LogP contribution in [-0.4, -0.2) is 128 Å². The zero-order valence-corrected chi connectivity index (χ0v) is 33.6. The molecular formula is C42H70O12. The maximum atomic E-state index is 11.3. The fourth-order valence-electron chi connectivity index (χ4n) is 13.7. The van der Waals surface area contributed by atoms with Gasteiger partial charge in [0.25, 0.3) is 0 Å². The van der Waals surface area contributed by atoms with Crippen LogP contribution in [-0.2, 0) is 18.9 Å². The molecule has 2 aliphatic heterocycles. The van der Waals surface area contributed by atoms with Crippen LogP contribution in [0.5, 0.6) is 0 Å². The molecular weight excluding hydrogens is 696 g/mol. The molecule has 0 spiro atoms. The van der Waals surface area contributed by atoms with Crippen molar-refractivity contribution >= 4 is 0 Å². The molecule has 0 aromatic heterocycles. The van der Waals surface area contributed by atoms with E-state index in [1.54, 1.807) is 5.57 Å². The van der Waals surface area contributed by atoms with Gasteiger partial charge in [-0.2, -0.15) is 0 Å². The Morgan fingerprint density at radius 3 is 1.94 bits per heavy atom.